The van der Waals surface area contributed by atoms with E-state index in [9.17, 15) is 13.2 Å². The monoisotopic (exact) mass is 402 g/mol. The summed E-state index contributed by atoms with van der Waals surface area (Å²) in [6.07, 6.45) is 1.94. The molecule has 0 atom stereocenters. The van der Waals surface area contributed by atoms with Gasteiger partial charge in [0.15, 0.2) is 0 Å². The highest BCUT2D eigenvalue weighted by molar-refractivity contribution is 7.89. The Morgan fingerprint density at radius 1 is 1.11 bits per heavy atom. The number of nitrogens with zero attached hydrogens (tertiary/aromatic N) is 2. The SMILES string of the molecule is COc1ccc(C(=O)N(Cc2ccc(C)cc2)C2CC2)cc1S(=O)(=O)N(C)C. The van der Waals surface area contributed by atoms with E-state index in [1.165, 1.54) is 32.8 Å². The molecule has 0 heterocycles. The van der Waals surface area contributed by atoms with Crippen molar-refractivity contribution in [2.75, 3.05) is 21.2 Å². The van der Waals surface area contributed by atoms with Crippen LogP contribution in [0.1, 0.15) is 34.3 Å². The van der Waals surface area contributed by atoms with Crippen LogP contribution >= 0.6 is 0 Å². The van der Waals surface area contributed by atoms with Crippen molar-refractivity contribution in [3.8, 4) is 5.75 Å². The molecule has 0 aromatic heterocycles. The molecule has 1 fully saturated rings. The maximum Gasteiger partial charge on any atom is 0.254 e. The zero-order valence-corrected chi connectivity index (χ0v) is 17.5. The van der Waals surface area contributed by atoms with Gasteiger partial charge in [0.2, 0.25) is 10.0 Å². The molecule has 1 aliphatic carbocycles. The smallest absolute Gasteiger partial charge is 0.254 e. The van der Waals surface area contributed by atoms with E-state index in [1.807, 2.05) is 36.1 Å². The van der Waals surface area contributed by atoms with E-state index in [-0.39, 0.29) is 22.6 Å². The van der Waals surface area contributed by atoms with Crippen LogP contribution in [0, 0.1) is 6.92 Å². The first kappa shape index (κ1) is 20.4. The minimum Gasteiger partial charge on any atom is -0.495 e. The van der Waals surface area contributed by atoms with Gasteiger partial charge in [-0.15, -0.1) is 0 Å². The molecule has 3 rings (SSSR count). The summed E-state index contributed by atoms with van der Waals surface area (Å²) in [7, 11) is 0.595. The van der Waals surface area contributed by atoms with Gasteiger partial charge in [-0.05, 0) is 43.5 Å². The summed E-state index contributed by atoms with van der Waals surface area (Å²) in [6.45, 7) is 2.53. The molecule has 0 radical (unpaired) electrons. The summed E-state index contributed by atoms with van der Waals surface area (Å²) in [5, 5.41) is 0. The number of ether oxygens (including phenoxy) is 1. The largest absolute Gasteiger partial charge is 0.495 e. The third-order valence-corrected chi connectivity index (χ3v) is 6.73. The number of sulfonamides is 1. The number of carbonyl (C=O) groups excluding carboxylic acids is 1. The van der Waals surface area contributed by atoms with Crippen molar-refractivity contribution < 1.29 is 17.9 Å². The first-order valence-electron chi connectivity index (χ1n) is 9.21. The Morgan fingerprint density at radius 2 is 1.75 bits per heavy atom. The molecule has 0 spiro atoms. The topological polar surface area (TPSA) is 66.9 Å². The zero-order valence-electron chi connectivity index (χ0n) is 16.7. The number of aryl methyl sites for hydroxylation is 1. The maximum absolute atomic E-state index is 13.2. The van der Waals surface area contributed by atoms with E-state index in [0.717, 1.165) is 22.7 Å². The lowest BCUT2D eigenvalue weighted by molar-refractivity contribution is 0.0729. The van der Waals surface area contributed by atoms with Crippen LogP contribution in [-0.4, -0.2) is 50.8 Å². The van der Waals surface area contributed by atoms with Crippen LogP contribution < -0.4 is 4.74 Å². The van der Waals surface area contributed by atoms with Crippen molar-refractivity contribution in [3.05, 3.63) is 59.2 Å². The highest BCUT2D eigenvalue weighted by Gasteiger charge is 2.34. The molecule has 0 unspecified atom stereocenters. The molecular formula is C21H26N2O4S. The van der Waals surface area contributed by atoms with Gasteiger partial charge in [0.05, 0.1) is 7.11 Å². The Morgan fingerprint density at radius 3 is 2.29 bits per heavy atom. The summed E-state index contributed by atoms with van der Waals surface area (Å²) >= 11 is 0. The van der Waals surface area contributed by atoms with Crippen molar-refractivity contribution >= 4 is 15.9 Å². The van der Waals surface area contributed by atoms with Gasteiger partial charge in [-0.3, -0.25) is 4.79 Å². The van der Waals surface area contributed by atoms with E-state index >= 15 is 0 Å². The van der Waals surface area contributed by atoms with Crippen molar-refractivity contribution in [2.24, 2.45) is 0 Å². The Balaban J connectivity index is 1.94. The van der Waals surface area contributed by atoms with Gasteiger partial charge >= 0.3 is 0 Å². The number of hydrogen-bond acceptors (Lipinski definition) is 4. The van der Waals surface area contributed by atoms with Gasteiger partial charge < -0.3 is 9.64 Å². The van der Waals surface area contributed by atoms with E-state index < -0.39 is 10.0 Å². The summed E-state index contributed by atoms with van der Waals surface area (Å²) in [6, 6.07) is 12.9. The maximum atomic E-state index is 13.2. The molecule has 6 nitrogen and oxygen atoms in total. The van der Waals surface area contributed by atoms with Crippen LogP contribution in [0.4, 0.5) is 0 Å². The molecular weight excluding hydrogens is 376 g/mol. The molecule has 0 aliphatic heterocycles. The van der Waals surface area contributed by atoms with E-state index in [0.29, 0.717) is 12.1 Å². The number of carbonyl (C=O) groups is 1. The highest BCUT2D eigenvalue weighted by atomic mass is 32.2. The van der Waals surface area contributed by atoms with E-state index in [4.69, 9.17) is 4.74 Å². The predicted octanol–water partition coefficient (Wildman–Crippen LogP) is 3.06. The fraction of sp³-hybridized carbons (Fsp3) is 0.381. The van der Waals surface area contributed by atoms with Crippen molar-refractivity contribution in [2.45, 2.75) is 37.2 Å². The lowest BCUT2D eigenvalue weighted by Crippen LogP contribution is -2.33. The summed E-state index contributed by atoms with van der Waals surface area (Å²) in [4.78, 5) is 15.1. The van der Waals surface area contributed by atoms with Gasteiger partial charge in [0.1, 0.15) is 10.6 Å². The van der Waals surface area contributed by atoms with Crippen LogP contribution in [0.2, 0.25) is 0 Å². The lowest BCUT2D eigenvalue weighted by Gasteiger charge is -2.23. The standard InChI is InChI=1S/C21H26N2O4S/c1-15-5-7-16(8-6-15)14-23(18-10-11-18)21(24)17-9-12-19(27-4)20(13-17)28(25,26)22(2)3/h5-9,12-13,18H,10-11,14H2,1-4H3. The van der Waals surface area contributed by atoms with Crippen molar-refractivity contribution in [1.29, 1.82) is 0 Å². The third kappa shape index (κ3) is 4.20. The second-order valence-corrected chi connectivity index (χ2v) is 9.42. The molecule has 1 amide bonds. The Bertz CT molecular complexity index is 964. The van der Waals surface area contributed by atoms with E-state index in [2.05, 4.69) is 0 Å². The second kappa shape index (κ2) is 7.93. The summed E-state index contributed by atoms with van der Waals surface area (Å²) in [5.74, 6) is 0.0580. The number of methoxy groups -OCH3 is 1. The highest BCUT2D eigenvalue weighted by Crippen LogP contribution is 2.32. The molecule has 2 aromatic carbocycles. The first-order chi connectivity index (χ1) is 13.2. The normalized spacial score (nSPS) is 14.2. The lowest BCUT2D eigenvalue weighted by atomic mass is 10.1. The molecule has 150 valence electrons. The minimum absolute atomic E-state index is 0.00284. The van der Waals surface area contributed by atoms with Gasteiger partial charge in [0, 0.05) is 32.2 Å². The summed E-state index contributed by atoms with van der Waals surface area (Å²) < 4.78 is 31.6. The number of amides is 1. The van der Waals surface area contributed by atoms with Crippen LogP contribution in [-0.2, 0) is 16.6 Å². The van der Waals surface area contributed by atoms with Gasteiger partial charge in [0.25, 0.3) is 5.91 Å². The van der Waals surface area contributed by atoms with Crippen molar-refractivity contribution in [1.82, 2.24) is 9.21 Å². The van der Waals surface area contributed by atoms with Crippen LogP contribution in [0.15, 0.2) is 47.4 Å². The zero-order chi connectivity index (χ0) is 20.5. The molecule has 7 heteroatoms. The number of benzene rings is 2. The fourth-order valence-corrected chi connectivity index (χ4v) is 4.09. The Hall–Kier alpha value is -2.38. The molecule has 28 heavy (non-hydrogen) atoms. The van der Waals surface area contributed by atoms with Crippen LogP contribution in [0.3, 0.4) is 0 Å². The summed E-state index contributed by atoms with van der Waals surface area (Å²) in [5.41, 5.74) is 2.57. The number of hydrogen-bond donors (Lipinski definition) is 0. The van der Waals surface area contributed by atoms with Crippen LogP contribution in [0.5, 0.6) is 5.75 Å². The quantitative estimate of drug-likeness (QED) is 0.714. The average Bonchev–Trinajstić information content (AvgIpc) is 3.51. The Kier molecular flexibility index (Phi) is 5.76. The molecule has 0 saturated heterocycles. The van der Waals surface area contributed by atoms with Gasteiger partial charge in [-0.1, -0.05) is 29.8 Å². The first-order valence-corrected chi connectivity index (χ1v) is 10.6. The van der Waals surface area contributed by atoms with Crippen LogP contribution in [0.25, 0.3) is 0 Å². The third-order valence-electron chi connectivity index (χ3n) is 4.89. The fourth-order valence-electron chi connectivity index (χ4n) is 3.02. The average molecular weight is 403 g/mol. The predicted molar refractivity (Wildman–Crippen MR) is 108 cm³/mol. The number of rotatable bonds is 7. The Labute approximate surface area is 166 Å². The molecule has 1 saturated carbocycles. The molecule has 2 aromatic rings. The van der Waals surface area contributed by atoms with Crippen molar-refractivity contribution in [3.63, 3.8) is 0 Å². The second-order valence-electron chi connectivity index (χ2n) is 7.30. The molecule has 0 N–H and O–H groups in total. The van der Waals surface area contributed by atoms with Gasteiger partial charge in [-0.2, -0.15) is 0 Å². The molecule has 0 bridgehead atoms. The van der Waals surface area contributed by atoms with E-state index in [1.54, 1.807) is 12.1 Å². The molecule has 1 aliphatic rings. The minimum atomic E-state index is -3.73. The van der Waals surface area contributed by atoms with Gasteiger partial charge in [-0.25, -0.2) is 12.7 Å².